The van der Waals surface area contributed by atoms with Crippen LogP contribution in [-0.4, -0.2) is 33.4 Å². The van der Waals surface area contributed by atoms with Crippen LogP contribution in [-0.2, 0) is 11.3 Å². The molecule has 0 bridgehead atoms. The number of nitrogens with zero attached hydrogens (tertiary/aromatic N) is 3. The first-order valence-electron chi connectivity index (χ1n) is 10.9. The summed E-state index contributed by atoms with van der Waals surface area (Å²) in [7, 11) is 0. The number of rotatable bonds is 7. The fourth-order valence-electron chi connectivity index (χ4n) is 4.27. The second-order valence-corrected chi connectivity index (χ2v) is 8.54. The van der Waals surface area contributed by atoms with Crippen molar-refractivity contribution in [1.29, 1.82) is 0 Å². The second kappa shape index (κ2) is 8.40. The summed E-state index contributed by atoms with van der Waals surface area (Å²) in [6.07, 6.45) is 2.75. The Hall–Kier alpha value is -2.62. The molecule has 1 aliphatic rings. The number of hydrogen-bond acceptors (Lipinski definition) is 2. The Balaban J connectivity index is 1.65. The minimum absolute atomic E-state index is 0.168. The molecule has 3 aromatic rings. The number of aromatic nitrogens is 2. The van der Waals surface area contributed by atoms with E-state index < -0.39 is 0 Å². The Bertz CT molecular complexity index is 987. The molecular weight excluding hydrogens is 358 g/mol. The Morgan fingerprint density at radius 2 is 1.86 bits per heavy atom. The SMILES string of the molecule is CCCCN1C[C@@H](c2nc3ccccc3n2Cc2ccc(C(C)C)cc2)CC1=O. The first-order valence-corrected chi connectivity index (χ1v) is 10.9. The van der Waals surface area contributed by atoms with Crippen molar-refractivity contribution < 1.29 is 4.79 Å². The van der Waals surface area contributed by atoms with E-state index in [1.54, 1.807) is 0 Å². The predicted octanol–water partition coefficient (Wildman–Crippen LogP) is 5.32. The number of benzene rings is 2. The molecule has 1 aliphatic heterocycles. The highest BCUT2D eigenvalue weighted by atomic mass is 16.2. The molecule has 0 radical (unpaired) electrons. The lowest BCUT2D eigenvalue weighted by Crippen LogP contribution is -2.26. The number of imidazole rings is 1. The third-order valence-electron chi connectivity index (χ3n) is 6.03. The van der Waals surface area contributed by atoms with Gasteiger partial charge >= 0.3 is 0 Å². The number of para-hydroxylation sites is 2. The largest absolute Gasteiger partial charge is 0.342 e. The standard InChI is InChI=1S/C25H31N3O/c1-4-5-14-27-17-21(15-24(27)29)25-26-22-8-6-7-9-23(22)28(25)16-19-10-12-20(13-11-19)18(2)3/h6-13,18,21H,4-5,14-17H2,1-3H3/t21-/m0/s1. The summed E-state index contributed by atoms with van der Waals surface area (Å²) < 4.78 is 2.32. The minimum atomic E-state index is 0.168. The molecule has 1 saturated heterocycles. The first-order chi connectivity index (χ1) is 14.1. The quantitative estimate of drug-likeness (QED) is 0.548. The molecule has 1 aromatic heterocycles. The van der Waals surface area contributed by atoms with Crippen molar-refractivity contribution in [1.82, 2.24) is 14.5 Å². The maximum atomic E-state index is 12.5. The predicted molar refractivity (Wildman–Crippen MR) is 118 cm³/mol. The highest BCUT2D eigenvalue weighted by Crippen LogP contribution is 2.31. The number of hydrogen-bond donors (Lipinski definition) is 0. The molecule has 1 fully saturated rings. The third-order valence-corrected chi connectivity index (χ3v) is 6.03. The maximum absolute atomic E-state index is 12.5. The van der Waals surface area contributed by atoms with E-state index in [1.807, 2.05) is 11.0 Å². The zero-order valence-electron chi connectivity index (χ0n) is 17.8. The molecule has 2 heterocycles. The lowest BCUT2D eigenvalue weighted by atomic mass is 10.0. The molecule has 4 nitrogen and oxygen atoms in total. The maximum Gasteiger partial charge on any atom is 0.223 e. The highest BCUT2D eigenvalue weighted by molar-refractivity contribution is 5.81. The monoisotopic (exact) mass is 389 g/mol. The molecule has 1 atom stereocenters. The first kappa shape index (κ1) is 19.7. The molecule has 4 heteroatoms. The van der Waals surface area contributed by atoms with Gasteiger partial charge in [-0.05, 0) is 35.6 Å². The van der Waals surface area contributed by atoms with Gasteiger partial charge in [-0.2, -0.15) is 0 Å². The topological polar surface area (TPSA) is 38.1 Å². The Morgan fingerprint density at radius 3 is 2.59 bits per heavy atom. The summed E-state index contributed by atoms with van der Waals surface area (Å²) in [6.45, 7) is 9.04. The van der Waals surface area contributed by atoms with Gasteiger partial charge in [-0.3, -0.25) is 4.79 Å². The van der Waals surface area contributed by atoms with Gasteiger partial charge in [0.15, 0.2) is 0 Å². The third kappa shape index (κ3) is 4.07. The van der Waals surface area contributed by atoms with E-state index in [-0.39, 0.29) is 11.8 Å². The van der Waals surface area contributed by atoms with E-state index in [4.69, 9.17) is 4.98 Å². The van der Waals surface area contributed by atoms with E-state index in [0.29, 0.717) is 12.3 Å². The zero-order valence-corrected chi connectivity index (χ0v) is 17.8. The number of amides is 1. The van der Waals surface area contributed by atoms with Crippen molar-refractivity contribution >= 4 is 16.9 Å². The summed E-state index contributed by atoms with van der Waals surface area (Å²) in [4.78, 5) is 19.5. The Morgan fingerprint density at radius 1 is 1.10 bits per heavy atom. The van der Waals surface area contributed by atoms with Crippen molar-refractivity contribution in [2.45, 2.75) is 58.4 Å². The van der Waals surface area contributed by atoms with Crippen LogP contribution in [0.5, 0.6) is 0 Å². The fraction of sp³-hybridized carbons (Fsp3) is 0.440. The van der Waals surface area contributed by atoms with Gasteiger partial charge in [-0.1, -0.05) is 63.6 Å². The lowest BCUT2D eigenvalue weighted by Gasteiger charge is -2.17. The van der Waals surface area contributed by atoms with Crippen molar-refractivity contribution in [3.63, 3.8) is 0 Å². The van der Waals surface area contributed by atoms with Crippen molar-refractivity contribution in [2.24, 2.45) is 0 Å². The van der Waals surface area contributed by atoms with Gasteiger partial charge in [0.1, 0.15) is 5.82 Å². The van der Waals surface area contributed by atoms with Crippen molar-refractivity contribution in [2.75, 3.05) is 13.1 Å². The average Bonchev–Trinajstić information content (AvgIpc) is 3.27. The van der Waals surface area contributed by atoms with E-state index in [9.17, 15) is 4.79 Å². The number of carbonyl (C=O) groups is 1. The van der Waals surface area contributed by atoms with E-state index in [0.717, 1.165) is 49.3 Å². The second-order valence-electron chi connectivity index (χ2n) is 8.54. The Kier molecular flexibility index (Phi) is 5.70. The van der Waals surface area contributed by atoms with Gasteiger partial charge in [0, 0.05) is 32.0 Å². The van der Waals surface area contributed by atoms with Crippen LogP contribution in [0.1, 0.15) is 68.8 Å². The van der Waals surface area contributed by atoms with Crippen LogP contribution in [0.3, 0.4) is 0 Å². The molecule has 0 N–H and O–H groups in total. The molecule has 29 heavy (non-hydrogen) atoms. The normalized spacial score (nSPS) is 17.0. The summed E-state index contributed by atoms with van der Waals surface area (Å²) in [5, 5.41) is 0. The number of unbranched alkanes of at least 4 members (excludes halogenated alkanes) is 1. The molecule has 0 aliphatic carbocycles. The number of carbonyl (C=O) groups excluding carboxylic acids is 1. The minimum Gasteiger partial charge on any atom is -0.342 e. The van der Waals surface area contributed by atoms with Gasteiger partial charge in [0.05, 0.1) is 11.0 Å². The van der Waals surface area contributed by atoms with Crippen LogP contribution in [0.4, 0.5) is 0 Å². The summed E-state index contributed by atoms with van der Waals surface area (Å²) in [5.74, 6) is 2.02. The fourth-order valence-corrected chi connectivity index (χ4v) is 4.27. The van der Waals surface area contributed by atoms with Crippen LogP contribution >= 0.6 is 0 Å². The molecule has 0 saturated carbocycles. The van der Waals surface area contributed by atoms with Crippen LogP contribution < -0.4 is 0 Å². The lowest BCUT2D eigenvalue weighted by molar-refractivity contribution is -0.127. The molecule has 1 amide bonds. The zero-order chi connectivity index (χ0) is 20.4. The van der Waals surface area contributed by atoms with E-state index >= 15 is 0 Å². The molecule has 4 rings (SSSR count). The molecule has 152 valence electrons. The van der Waals surface area contributed by atoms with Gasteiger partial charge in [0.2, 0.25) is 5.91 Å². The highest BCUT2D eigenvalue weighted by Gasteiger charge is 2.33. The average molecular weight is 390 g/mol. The number of fused-ring (bicyclic) bond motifs is 1. The van der Waals surface area contributed by atoms with E-state index in [1.165, 1.54) is 11.1 Å². The van der Waals surface area contributed by atoms with Crippen LogP contribution in [0.25, 0.3) is 11.0 Å². The molecular formula is C25H31N3O. The van der Waals surface area contributed by atoms with Crippen LogP contribution in [0, 0.1) is 0 Å². The summed E-state index contributed by atoms with van der Waals surface area (Å²) >= 11 is 0. The van der Waals surface area contributed by atoms with Gasteiger partial charge < -0.3 is 9.47 Å². The molecule has 2 aromatic carbocycles. The molecule has 0 unspecified atom stereocenters. The summed E-state index contributed by atoms with van der Waals surface area (Å²) in [6, 6.07) is 17.2. The van der Waals surface area contributed by atoms with Gasteiger partial charge in [-0.25, -0.2) is 4.98 Å². The van der Waals surface area contributed by atoms with Crippen molar-refractivity contribution in [3.8, 4) is 0 Å². The van der Waals surface area contributed by atoms with Gasteiger partial charge in [0.25, 0.3) is 0 Å². The van der Waals surface area contributed by atoms with E-state index in [2.05, 4.69) is 67.8 Å². The number of likely N-dealkylation sites (tertiary alicyclic amines) is 1. The Labute approximate surface area is 173 Å². The van der Waals surface area contributed by atoms with Crippen LogP contribution in [0.2, 0.25) is 0 Å². The van der Waals surface area contributed by atoms with Crippen molar-refractivity contribution in [3.05, 3.63) is 65.5 Å². The molecule has 0 spiro atoms. The van der Waals surface area contributed by atoms with Gasteiger partial charge in [-0.15, -0.1) is 0 Å². The summed E-state index contributed by atoms with van der Waals surface area (Å²) in [5.41, 5.74) is 4.79. The smallest absolute Gasteiger partial charge is 0.223 e. The van der Waals surface area contributed by atoms with Crippen LogP contribution in [0.15, 0.2) is 48.5 Å².